The van der Waals surface area contributed by atoms with Crippen LogP contribution in [0.4, 0.5) is 5.69 Å². The molecule has 5 N–H and O–H groups in total. The first kappa shape index (κ1) is 26.2. The van der Waals surface area contributed by atoms with Crippen molar-refractivity contribution in [2.45, 2.75) is 51.2 Å². The average Bonchev–Trinajstić information content (AvgIpc) is 3.25. The number of anilines is 1. The van der Waals surface area contributed by atoms with Crippen LogP contribution < -0.4 is 11.1 Å². The molecule has 10 nitrogen and oxygen atoms in total. The molecule has 1 atom stereocenters. The number of H-pyrrole nitrogens is 1. The smallest absolute Gasteiger partial charge is 0.305 e. The van der Waals surface area contributed by atoms with Crippen molar-refractivity contribution in [3.8, 4) is 0 Å². The zero-order valence-electron chi connectivity index (χ0n) is 21.1. The molecule has 2 amide bonds. The first-order valence-electron chi connectivity index (χ1n) is 12.6. The van der Waals surface area contributed by atoms with Gasteiger partial charge < -0.3 is 30.9 Å². The number of fused-ring (bicyclic) bond motifs is 2. The molecule has 0 bridgehead atoms. The molecule has 0 saturated carbocycles. The van der Waals surface area contributed by atoms with Gasteiger partial charge in [-0.05, 0) is 55.3 Å². The maximum absolute atomic E-state index is 13.7. The number of rotatable bonds is 11. The number of nitrogens with zero attached hydrogens (tertiary/aromatic N) is 3. The fourth-order valence-electron chi connectivity index (χ4n) is 4.66. The minimum atomic E-state index is -1.05. The molecule has 196 valence electrons. The molecule has 2 aromatic carbocycles. The highest BCUT2D eigenvalue weighted by Crippen LogP contribution is 2.26. The van der Waals surface area contributed by atoms with E-state index in [1.165, 1.54) is 4.90 Å². The Balaban J connectivity index is 1.56. The molecule has 37 heavy (non-hydrogen) atoms. The summed E-state index contributed by atoms with van der Waals surface area (Å²) in [4.78, 5) is 48.8. The quantitative estimate of drug-likeness (QED) is 0.293. The van der Waals surface area contributed by atoms with Crippen molar-refractivity contribution < 1.29 is 19.5 Å². The third kappa shape index (κ3) is 6.45. The number of carboxylic acid groups (broad SMARTS) is 1. The number of unbranched alkanes of at least 4 members (excludes halogenated alkanes) is 3. The number of para-hydroxylation sites is 2. The van der Waals surface area contributed by atoms with Crippen LogP contribution in [0.25, 0.3) is 11.0 Å². The third-order valence-electron chi connectivity index (χ3n) is 6.59. The van der Waals surface area contributed by atoms with Crippen molar-refractivity contribution >= 4 is 34.5 Å². The summed E-state index contributed by atoms with van der Waals surface area (Å²) < 4.78 is 0. The Morgan fingerprint density at radius 1 is 1.16 bits per heavy atom. The van der Waals surface area contributed by atoms with E-state index in [4.69, 9.17) is 5.73 Å². The number of hydrogen-bond acceptors (Lipinski definition) is 6. The van der Waals surface area contributed by atoms with Gasteiger partial charge in [-0.3, -0.25) is 14.4 Å². The second-order valence-corrected chi connectivity index (χ2v) is 9.49. The summed E-state index contributed by atoms with van der Waals surface area (Å²) in [5.41, 5.74) is 9.33. The number of nitrogens with one attached hydrogen (secondary N) is 2. The van der Waals surface area contributed by atoms with Gasteiger partial charge in [0.15, 0.2) is 0 Å². The van der Waals surface area contributed by atoms with E-state index in [-0.39, 0.29) is 24.8 Å². The summed E-state index contributed by atoms with van der Waals surface area (Å²) in [6, 6.07) is 12.2. The van der Waals surface area contributed by atoms with Gasteiger partial charge in [-0.2, -0.15) is 0 Å². The van der Waals surface area contributed by atoms with E-state index in [1.54, 1.807) is 30.1 Å². The molecule has 0 spiro atoms. The van der Waals surface area contributed by atoms with E-state index in [2.05, 4.69) is 15.3 Å². The van der Waals surface area contributed by atoms with Gasteiger partial charge in [0.1, 0.15) is 11.9 Å². The Morgan fingerprint density at radius 2 is 1.95 bits per heavy atom. The number of carbonyl (C=O) groups is 3. The summed E-state index contributed by atoms with van der Waals surface area (Å²) in [7, 11) is 1.64. The van der Waals surface area contributed by atoms with Gasteiger partial charge in [0.05, 0.1) is 24.0 Å². The molecule has 4 rings (SSSR count). The topological polar surface area (TPSA) is 145 Å². The van der Waals surface area contributed by atoms with E-state index >= 15 is 0 Å². The molecule has 0 saturated heterocycles. The van der Waals surface area contributed by atoms with Crippen LogP contribution in [0.5, 0.6) is 0 Å². The second kappa shape index (κ2) is 11.9. The standard InChI is InChI=1S/C27H34N6O4/c1-32-16-19-14-18(10-11-20(19)29-23(27(32)37)15-25(34)35)26(36)33(13-7-3-2-6-12-28)17-24-30-21-8-4-5-9-22(21)31-24/h4-5,8-11,14,23,29H,2-3,6-7,12-13,15-17,28H2,1H3,(H,30,31)(H,34,35)/t23-/m0/s1. The molecule has 0 aliphatic carbocycles. The molecule has 0 fully saturated rings. The average molecular weight is 507 g/mol. The zero-order chi connectivity index (χ0) is 26.4. The SMILES string of the molecule is CN1Cc2cc(C(=O)N(CCCCCCN)Cc3nc4ccccc4[nH]3)ccc2N[C@@H](CC(=O)O)C1=O. The number of benzene rings is 2. The molecule has 1 aromatic heterocycles. The van der Waals surface area contributed by atoms with Gasteiger partial charge >= 0.3 is 5.97 Å². The first-order chi connectivity index (χ1) is 17.9. The van der Waals surface area contributed by atoms with Crippen molar-refractivity contribution in [2.75, 3.05) is 25.5 Å². The minimum absolute atomic E-state index is 0.123. The minimum Gasteiger partial charge on any atom is -0.481 e. The van der Waals surface area contributed by atoms with Crippen LogP contribution in [-0.4, -0.2) is 68.8 Å². The Labute approximate surface area is 215 Å². The van der Waals surface area contributed by atoms with E-state index < -0.39 is 12.0 Å². The van der Waals surface area contributed by atoms with E-state index in [9.17, 15) is 19.5 Å². The number of hydrogen-bond donors (Lipinski definition) is 4. The molecule has 3 aromatic rings. The number of aromatic nitrogens is 2. The second-order valence-electron chi connectivity index (χ2n) is 9.49. The summed E-state index contributed by atoms with van der Waals surface area (Å²) >= 11 is 0. The van der Waals surface area contributed by atoms with Gasteiger partial charge in [0.2, 0.25) is 5.91 Å². The number of nitrogens with two attached hydrogens (primary N) is 1. The van der Waals surface area contributed by atoms with Crippen LogP contribution in [0.2, 0.25) is 0 Å². The molecule has 0 unspecified atom stereocenters. The number of aromatic amines is 1. The van der Waals surface area contributed by atoms with Gasteiger partial charge in [-0.15, -0.1) is 0 Å². The van der Waals surface area contributed by atoms with E-state index in [0.717, 1.165) is 48.1 Å². The van der Waals surface area contributed by atoms with E-state index in [1.807, 2.05) is 24.3 Å². The molecule has 1 aliphatic heterocycles. The lowest BCUT2D eigenvalue weighted by Gasteiger charge is -2.23. The molecular weight excluding hydrogens is 472 g/mol. The molecular formula is C27H34N6O4. The summed E-state index contributed by atoms with van der Waals surface area (Å²) in [5, 5.41) is 12.3. The number of amides is 2. The maximum Gasteiger partial charge on any atom is 0.305 e. The van der Waals surface area contributed by atoms with Crippen LogP contribution in [0.3, 0.4) is 0 Å². The third-order valence-corrected chi connectivity index (χ3v) is 6.59. The largest absolute Gasteiger partial charge is 0.481 e. The highest BCUT2D eigenvalue weighted by molar-refractivity contribution is 5.96. The lowest BCUT2D eigenvalue weighted by atomic mass is 10.1. The van der Waals surface area contributed by atoms with Crippen LogP contribution in [-0.2, 0) is 22.7 Å². The fourth-order valence-corrected chi connectivity index (χ4v) is 4.66. The lowest BCUT2D eigenvalue weighted by molar-refractivity contribution is -0.141. The van der Waals surface area contributed by atoms with Crippen molar-refractivity contribution in [2.24, 2.45) is 5.73 Å². The summed E-state index contributed by atoms with van der Waals surface area (Å²) in [6.45, 7) is 1.86. The molecule has 2 heterocycles. The van der Waals surface area contributed by atoms with Crippen LogP contribution in [0.1, 0.15) is 53.8 Å². The van der Waals surface area contributed by atoms with Gasteiger partial charge in [0.25, 0.3) is 5.91 Å². The van der Waals surface area contributed by atoms with Crippen molar-refractivity contribution in [1.82, 2.24) is 19.8 Å². The van der Waals surface area contributed by atoms with Gasteiger partial charge in [-0.25, -0.2) is 4.98 Å². The van der Waals surface area contributed by atoms with Crippen LogP contribution >= 0.6 is 0 Å². The number of carbonyl (C=O) groups excluding carboxylic acids is 2. The Kier molecular flexibility index (Phi) is 8.39. The zero-order valence-corrected chi connectivity index (χ0v) is 21.1. The molecule has 0 radical (unpaired) electrons. The van der Waals surface area contributed by atoms with Crippen LogP contribution in [0.15, 0.2) is 42.5 Å². The molecule has 1 aliphatic rings. The predicted octanol–water partition coefficient (Wildman–Crippen LogP) is 2.95. The fraction of sp³-hybridized carbons (Fsp3) is 0.407. The Morgan fingerprint density at radius 3 is 2.70 bits per heavy atom. The van der Waals surface area contributed by atoms with Gasteiger partial charge in [-0.1, -0.05) is 25.0 Å². The van der Waals surface area contributed by atoms with Crippen LogP contribution in [0, 0.1) is 0 Å². The summed E-state index contributed by atoms with van der Waals surface area (Å²) in [6.07, 6.45) is 3.49. The Hall–Kier alpha value is -3.92. The number of aliphatic carboxylic acids is 1. The van der Waals surface area contributed by atoms with E-state index in [0.29, 0.717) is 30.9 Å². The molecule has 10 heteroatoms. The highest BCUT2D eigenvalue weighted by atomic mass is 16.4. The Bertz CT molecular complexity index is 1240. The maximum atomic E-state index is 13.7. The van der Waals surface area contributed by atoms with Crippen molar-refractivity contribution in [3.05, 3.63) is 59.4 Å². The monoisotopic (exact) mass is 506 g/mol. The van der Waals surface area contributed by atoms with Crippen molar-refractivity contribution in [1.29, 1.82) is 0 Å². The highest BCUT2D eigenvalue weighted by Gasteiger charge is 2.29. The number of likely N-dealkylation sites (N-methyl/N-ethyl adjacent to an activating group) is 1. The lowest BCUT2D eigenvalue weighted by Crippen LogP contribution is -2.39. The normalized spacial score (nSPS) is 15.2. The van der Waals surface area contributed by atoms with Gasteiger partial charge in [0, 0.05) is 31.4 Å². The predicted molar refractivity (Wildman–Crippen MR) is 141 cm³/mol. The first-order valence-corrected chi connectivity index (χ1v) is 12.6. The number of carboxylic acids is 1. The summed E-state index contributed by atoms with van der Waals surface area (Å²) in [5.74, 6) is -0.755. The number of imidazole rings is 1. The van der Waals surface area contributed by atoms with Crippen molar-refractivity contribution in [3.63, 3.8) is 0 Å².